The maximum Gasteiger partial charge on any atom is 0.439 e. The topological polar surface area (TPSA) is 29.4 Å². The Kier molecular flexibility index (Phi) is 3.41. The number of hydrogen-bond donors (Lipinski definition) is 0. The van der Waals surface area contributed by atoms with Crippen molar-refractivity contribution < 1.29 is 18.0 Å². The predicted molar refractivity (Wildman–Crippen MR) is 33.1 cm³/mol. The van der Waals surface area contributed by atoms with Gasteiger partial charge in [-0.05, 0) is 6.26 Å². The van der Waals surface area contributed by atoms with Crippen LogP contribution >= 0.6 is 11.8 Å². The van der Waals surface area contributed by atoms with Gasteiger partial charge in [0.15, 0.2) is 5.04 Å². The van der Waals surface area contributed by atoms with Crippen LogP contribution in [-0.4, -0.2) is 23.9 Å². The first-order chi connectivity index (χ1) is 4.52. The van der Waals surface area contributed by atoms with Gasteiger partial charge in [-0.15, -0.1) is 11.8 Å². The summed E-state index contributed by atoms with van der Waals surface area (Å²) >= 11 is 0.395. The maximum atomic E-state index is 11.6. The molecule has 0 aromatic heterocycles. The number of rotatable bonds is 1. The van der Waals surface area contributed by atoms with Crippen LogP contribution in [0.25, 0.3) is 0 Å². The van der Waals surface area contributed by atoms with Gasteiger partial charge in [0.1, 0.15) is 0 Å². The van der Waals surface area contributed by atoms with Crippen molar-refractivity contribution in [2.45, 2.75) is 6.18 Å². The van der Waals surface area contributed by atoms with Crippen LogP contribution in [0.2, 0.25) is 0 Å². The molecule has 0 saturated carbocycles. The van der Waals surface area contributed by atoms with Crippen LogP contribution in [0.15, 0.2) is 4.99 Å². The summed E-state index contributed by atoms with van der Waals surface area (Å²) in [6.07, 6.45) is -3.42. The number of halogens is 3. The Balaban J connectivity index is 4.35. The zero-order valence-electron chi connectivity index (χ0n) is 4.97. The highest BCUT2D eigenvalue weighted by molar-refractivity contribution is 8.13. The maximum absolute atomic E-state index is 11.6. The lowest BCUT2D eigenvalue weighted by atomic mass is 10.7. The molecule has 1 amide bonds. The standard InChI is InChI=1S/C4H4F3NOS/c1-10-3(8-2-9)4(5,6)7/h2H,1H3. The Labute approximate surface area is 59.5 Å². The van der Waals surface area contributed by atoms with Crippen LogP contribution in [0.5, 0.6) is 0 Å². The van der Waals surface area contributed by atoms with Crippen LogP contribution in [0.4, 0.5) is 13.2 Å². The summed E-state index contributed by atoms with van der Waals surface area (Å²) in [5, 5.41) is -1.12. The highest BCUT2D eigenvalue weighted by Gasteiger charge is 2.34. The summed E-state index contributed by atoms with van der Waals surface area (Å²) in [5.41, 5.74) is 0. The molecule has 0 rings (SSSR count). The molecule has 0 aromatic carbocycles. The van der Waals surface area contributed by atoms with Crippen molar-refractivity contribution in [1.82, 2.24) is 0 Å². The van der Waals surface area contributed by atoms with Gasteiger partial charge in [0.25, 0.3) is 0 Å². The van der Waals surface area contributed by atoms with Gasteiger partial charge in [-0.1, -0.05) is 0 Å². The van der Waals surface area contributed by atoms with E-state index in [1.54, 1.807) is 0 Å². The number of alkyl halides is 3. The van der Waals surface area contributed by atoms with Gasteiger partial charge in [-0.2, -0.15) is 13.2 Å². The number of hydrogen-bond acceptors (Lipinski definition) is 2. The van der Waals surface area contributed by atoms with E-state index in [4.69, 9.17) is 0 Å². The van der Waals surface area contributed by atoms with Crippen molar-refractivity contribution in [3.05, 3.63) is 0 Å². The van der Waals surface area contributed by atoms with E-state index in [1.165, 1.54) is 6.26 Å². The second-order valence-corrected chi connectivity index (χ2v) is 2.04. The molecule has 0 bridgehead atoms. The monoisotopic (exact) mass is 171 g/mol. The first-order valence-corrected chi connectivity index (χ1v) is 3.37. The minimum absolute atomic E-state index is 0.126. The molecule has 0 atom stereocenters. The zero-order valence-corrected chi connectivity index (χ0v) is 5.79. The predicted octanol–water partition coefficient (Wildman–Crippen LogP) is 1.47. The van der Waals surface area contributed by atoms with Crippen LogP contribution in [0, 0.1) is 0 Å². The van der Waals surface area contributed by atoms with Crippen molar-refractivity contribution >= 4 is 23.2 Å². The molecule has 0 aromatic rings. The molecule has 0 fully saturated rings. The molecule has 0 spiro atoms. The summed E-state index contributed by atoms with van der Waals surface area (Å²) in [5.74, 6) is 0. The highest BCUT2D eigenvalue weighted by Crippen LogP contribution is 2.22. The van der Waals surface area contributed by atoms with Gasteiger partial charge in [-0.3, -0.25) is 4.79 Å². The number of thioether (sulfide) groups is 1. The van der Waals surface area contributed by atoms with Crippen LogP contribution in [0.3, 0.4) is 0 Å². The summed E-state index contributed by atoms with van der Waals surface area (Å²) < 4.78 is 34.8. The molecule has 0 heterocycles. The average molecular weight is 171 g/mol. The zero-order chi connectivity index (χ0) is 8.20. The lowest BCUT2D eigenvalue weighted by molar-refractivity contribution is -0.107. The third-order valence-corrected chi connectivity index (χ3v) is 1.33. The molecular formula is C4H4F3NOS. The molecule has 2 nitrogen and oxygen atoms in total. The SMILES string of the molecule is CSC(=NC=O)C(F)(F)F. The van der Waals surface area contributed by atoms with Crippen molar-refractivity contribution in [2.24, 2.45) is 4.99 Å². The molecule has 6 heteroatoms. The summed E-state index contributed by atoms with van der Waals surface area (Å²) in [6.45, 7) is 0. The van der Waals surface area contributed by atoms with Gasteiger partial charge in [0.2, 0.25) is 6.41 Å². The van der Waals surface area contributed by atoms with Crippen molar-refractivity contribution in [3.8, 4) is 0 Å². The summed E-state index contributed by atoms with van der Waals surface area (Å²) in [4.78, 5) is 12.1. The van der Waals surface area contributed by atoms with E-state index < -0.39 is 11.2 Å². The fourth-order valence-corrected chi connectivity index (χ4v) is 0.669. The first-order valence-electron chi connectivity index (χ1n) is 2.15. The number of aliphatic imine (C=N–C) groups is 1. The molecule has 0 radical (unpaired) electrons. The van der Waals surface area contributed by atoms with Crippen LogP contribution in [0.1, 0.15) is 0 Å². The van der Waals surface area contributed by atoms with Crippen molar-refractivity contribution in [1.29, 1.82) is 0 Å². The Bertz CT molecular complexity index is 153. The Morgan fingerprint density at radius 3 is 2.20 bits per heavy atom. The van der Waals surface area contributed by atoms with Crippen molar-refractivity contribution in [2.75, 3.05) is 6.26 Å². The van der Waals surface area contributed by atoms with Gasteiger partial charge >= 0.3 is 6.18 Å². The van der Waals surface area contributed by atoms with Gasteiger partial charge in [0.05, 0.1) is 0 Å². The van der Waals surface area contributed by atoms with E-state index in [2.05, 4.69) is 4.99 Å². The quantitative estimate of drug-likeness (QED) is 0.339. The molecule has 58 valence electrons. The normalized spacial score (nSPS) is 13.4. The number of amides is 1. The van der Waals surface area contributed by atoms with E-state index in [9.17, 15) is 18.0 Å². The molecule has 0 aliphatic heterocycles. The molecular weight excluding hydrogens is 167 g/mol. The number of nitrogens with zero attached hydrogens (tertiary/aromatic N) is 1. The van der Waals surface area contributed by atoms with Crippen LogP contribution in [-0.2, 0) is 4.79 Å². The second-order valence-electron chi connectivity index (χ2n) is 1.24. The third kappa shape index (κ3) is 2.86. The van der Waals surface area contributed by atoms with Gasteiger partial charge in [0, 0.05) is 0 Å². The third-order valence-electron chi connectivity index (χ3n) is 0.606. The van der Waals surface area contributed by atoms with Crippen molar-refractivity contribution in [3.63, 3.8) is 0 Å². The lowest BCUT2D eigenvalue weighted by Crippen LogP contribution is -2.19. The highest BCUT2D eigenvalue weighted by atomic mass is 32.2. The van der Waals surface area contributed by atoms with Gasteiger partial charge < -0.3 is 0 Å². The smallest absolute Gasteiger partial charge is 0.276 e. The molecule has 0 N–H and O–H groups in total. The molecule has 0 saturated heterocycles. The largest absolute Gasteiger partial charge is 0.439 e. The summed E-state index contributed by atoms with van der Waals surface area (Å²) in [7, 11) is 0. The first kappa shape index (κ1) is 9.48. The molecule has 0 unspecified atom stereocenters. The van der Waals surface area contributed by atoms with Gasteiger partial charge in [-0.25, -0.2) is 4.99 Å². The van der Waals surface area contributed by atoms with Crippen LogP contribution < -0.4 is 0 Å². The Morgan fingerprint density at radius 2 is 2.10 bits per heavy atom. The minimum Gasteiger partial charge on any atom is -0.276 e. The van der Waals surface area contributed by atoms with E-state index >= 15 is 0 Å². The van der Waals surface area contributed by atoms with E-state index in [1.807, 2.05) is 0 Å². The Morgan fingerprint density at radius 1 is 1.60 bits per heavy atom. The second kappa shape index (κ2) is 3.60. The fourth-order valence-electron chi connectivity index (χ4n) is 0.289. The number of carbonyl (C=O) groups is 1. The minimum atomic E-state index is -4.50. The van der Waals surface area contributed by atoms with E-state index in [-0.39, 0.29) is 6.41 Å². The fraction of sp³-hybridized carbons (Fsp3) is 0.500. The number of carbonyl (C=O) groups excluding carboxylic acids is 1. The average Bonchev–Trinajstić information content (AvgIpc) is 1.80. The molecule has 0 aliphatic carbocycles. The lowest BCUT2D eigenvalue weighted by Gasteiger charge is -2.04. The summed E-state index contributed by atoms with van der Waals surface area (Å²) in [6, 6.07) is 0. The van der Waals surface area contributed by atoms with E-state index in [0.29, 0.717) is 11.8 Å². The molecule has 10 heavy (non-hydrogen) atoms. The molecule has 0 aliphatic rings. The van der Waals surface area contributed by atoms with E-state index in [0.717, 1.165) is 0 Å². The Hall–Kier alpha value is -0.520.